The molecule has 0 saturated carbocycles. The summed E-state index contributed by atoms with van der Waals surface area (Å²) in [7, 11) is -1.76. The number of benzene rings is 2. The number of methoxy groups -OCH3 is 1. The average molecular weight is 513 g/mol. The van der Waals surface area contributed by atoms with Crippen LogP contribution in [0.3, 0.4) is 0 Å². The lowest BCUT2D eigenvalue weighted by Gasteiger charge is -2.22. The first-order chi connectivity index (χ1) is 16.7. The van der Waals surface area contributed by atoms with E-state index in [-0.39, 0.29) is 12.3 Å². The van der Waals surface area contributed by atoms with Crippen LogP contribution in [0.15, 0.2) is 60.9 Å². The summed E-state index contributed by atoms with van der Waals surface area (Å²) in [5, 5.41) is 2.14. The lowest BCUT2D eigenvalue weighted by atomic mass is 9.93. The summed E-state index contributed by atoms with van der Waals surface area (Å²) in [4.78, 5) is 12.6. The standard InChI is InChI=1S/C26H29ClN4O3S/c1-26(2,17-29-35(32,33)14-4-11-27)25-30-23(18-9-12-28-13-10-18)24(31-25)21-6-5-20-16-22(34-3)8-7-19(20)15-21/h5-10,12-13,15-16,29H,4,11,14,17H2,1-3H3,(H,30,31). The highest BCUT2D eigenvalue weighted by molar-refractivity contribution is 7.89. The zero-order chi connectivity index (χ0) is 25.1. The van der Waals surface area contributed by atoms with E-state index in [9.17, 15) is 8.42 Å². The second-order valence-electron chi connectivity index (χ2n) is 9.04. The van der Waals surface area contributed by atoms with Crippen molar-refractivity contribution in [3.05, 3.63) is 66.7 Å². The SMILES string of the molecule is COc1ccc2cc(-c3nc(C(C)(C)CNS(=O)(=O)CCCCl)[nH]c3-c3ccncc3)ccc2c1. The number of sulfonamides is 1. The third-order valence-electron chi connectivity index (χ3n) is 5.92. The van der Waals surface area contributed by atoms with Crippen LogP contribution in [0.25, 0.3) is 33.3 Å². The van der Waals surface area contributed by atoms with Crippen LogP contribution >= 0.6 is 11.6 Å². The van der Waals surface area contributed by atoms with Gasteiger partial charge in [-0.05, 0) is 47.5 Å². The van der Waals surface area contributed by atoms with E-state index in [1.165, 1.54) is 0 Å². The Morgan fingerprint density at radius 3 is 2.46 bits per heavy atom. The highest BCUT2D eigenvalue weighted by atomic mass is 35.5. The fourth-order valence-corrected chi connectivity index (χ4v) is 5.36. The van der Waals surface area contributed by atoms with Gasteiger partial charge in [-0.3, -0.25) is 4.98 Å². The van der Waals surface area contributed by atoms with Crippen molar-refractivity contribution in [2.45, 2.75) is 25.7 Å². The van der Waals surface area contributed by atoms with Crippen molar-refractivity contribution in [1.82, 2.24) is 19.7 Å². The van der Waals surface area contributed by atoms with Gasteiger partial charge in [0.25, 0.3) is 0 Å². The number of alkyl halides is 1. The summed E-state index contributed by atoms with van der Waals surface area (Å²) in [6.45, 7) is 4.13. The summed E-state index contributed by atoms with van der Waals surface area (Å²) < 4.78 is 32.7. The third-order valence-corrected chi connectivity index (χ3v) is 7.59. The second kappa shape index (κ2) is 10.4. The largest absolute Gasteiger partial charge is 0.497 e. The van der Waals surface area contributed by atoms with Gasteiger partial charge in [-0.25, -0.2) is 18.1 Å². The lowest BCUT2D eigenvalue weighted by Crippen LogP contribution is -2.38. The van der Waals surface area contributed by atoms with Crippen LogP contribution in [0.5, 0.6) is 5.75 Å². The Balaban J connectivity index is 1.73. The predicted molar refractivity (Wildman–Crippen MR) is 141 cm³/mol. The van der Waals surface area contributed by atoms with E-state index in [1.807, 2.05) is 56.3 Å². The number of nitrogens with zero attached hydrogens (tertiary/aromatic N) is 2. The zero-order valence-corrected chi connectivity index (χ0v) is 21.6. The van der Waals surface area contributed by atoms with Crippen molar-refractivity contribution in [3.8, 4) is 28.3 Å². The molecule has 0 saturated heterocycles. The van der Waals surface area contributed by atoms with Crippen LogP contribution in [0.2, 0.25) is 0 Å². The van der Waals surface area contributed by atoms with E-state index in [1.54, 1.807) is 19.5 Å². The molecule has 0 atom stereocenters. The van der Waals surface area contributed by atoms with Gasteiger partial charge in [0.1, 0.15) is 11.6 Å². The number of pyridine rings is 1. The molecule has 0 aliphatic rings. The van der Waals surface area contributed by atoms with Crippen LogP contribution in [-0.4, -0.2) is 48.7 Å². The molecule has 0 radical (unpaired) electrons. The van der Waals surface area contributed by atoms with Gasteiger partial charge in [0.2, 0.25) is 10.0 Å². The van der Waals surface area contributed by atoms with Gasteiger partial charge >= 0.3 is 0 Å². The second-order valence-corrected chi connectivity index (χ2v) is 11.3. The number of ether oxygens (including phenoxy) is 1. The molecule has 2 aromatic carbocycles. The number of hydrogen-bond acceptors (Lipinski definition) is 5. The van der Waals surface area contributed by atoms with Crippen LogP contribution in [-0.2, 0) is 15.4 Å². The first-order valence-electron chi connectivity index (χ1n) is 11.3. The topological polar surface area (TPSA) is 97.0 Å². The van der Waals surface area contributed by atoms with Gasteiger partial charge in [-0.1, -0.05) is 32.0 Å². The van der Waals surface area contributed by atoms with E-state index in [2.05, 4.69) is 20.8 Å². The molecule has 2 aromatic heterocycles. The molecule has 0 aliphatic carbocycles. The molecule has 184 valence electrons. The van der Waals surface area contributed by atoms with Crippen molar-refractivity contribution in [3.63, 3.8) is 0 Å². The Labute approximate surface area is 211 Å². The molecular weight excluding hydrogens is 484 g/mol. The number of H-pyrrole nitrogens is 1. The monoisotopic (exact) mass is 512 g/mol. The lowest BCUT2D eigenvalue weighted by molar-refractivity contribution is 0.415. The molecule has 0 spiro atoms. The van der Waals surface area contributed by atoms with Gasteiger partial charge in [-0.2, -0.15) is 0 Å². The van der Waals surface area contributed by atoms with Crippen molar-refractivity contribution in [2.24, 2.45) is 0 Å². The molecule has 35 heavy (non-hydrogen) atoms. The number of nitrogens with one attached hydrogen (secondary N) is 2. The van der Waals surface area contributed by atoms with Crippen LogP contribution < -0.4 is 9.46 Å². The Kier molecular flexibility index (Phi) is 7.44. The van der Waals surface area contributed by atoms with Crippen LogP contribution in [0, 0.1) is 0 Å². The molecule has 0 bridgehead atoms. The number of rotatable bonds is 10. The molecule has 0 amide bonds. The van der Waals surface area contributed by atoms with Crippen molar-refractivity contribution in [1.29, 1.82) is 0 Å². The zero-order valence-electron chi connectivity index (χ0n) is 20.0. The molecule has 4 rings (SSSR count). The minimum atomic E-state index is -3.42. The van der Waals surface area contributed by atoms with E-state index in [4.69, 9.17) is 21.3 Å². The number of aromatic amines is 1. The van der Waals surface area contributed by atoms with Crippen molar-refractivity contribution >= 4 is 32.4 Å². The van der Waals surface area contributed by atoms with Gasteiger partial charge in [0, 0.05) is 41.4 Å². The van der Waals surface area contributed by atoms with Gasteiger partial charge in [0.15, 0.2) is 0 Å². The number of imidazole rings is 1. The number of hydrogen-bond donors (Lipinski definition) is 2. The number of halogens is 1. The summed E-state index contributed by atoms with van der Waals surface area (Å²) in [6, 6.07) is 16.0. The minimum Gasteiger partial charge on any atom is -0.497 e. The van der Waals surface area contributed by atoms with Gasteiger partial charge < -0.3 is 9.72 Å². The quantitative estimate of drug-likeness (QED) is 0.287. The fraction of sp³-hybridized carbons (Fsp3) is 0.308. The number of aromatic nitrogens is 3. The molecule has 0 aliphatic heterocycles. The first-order valence-corrected chi connectivity index (χ1v) is 13.5. The van der Waals surface area contributed by atoms with E-state index >= 15 is 0 Å². The maximum Gasteiger partial charge on any atom is 0.211 e. The number of fused-ring (bicyclic) bond motifs is 1. The first kappa shape index (κ1) is 25.2. The highest BCUT2D eigenvalue weighted by Gasteiger charge is 2.28. The highest BCUT2D eigenvalue weighted by Crippen LogP contribution is 2.35. The molecule has 2 heterocycles. The van der Waals surface area contributed by atoms with E-state index in [0.717, 1.165) is 39.0 Å². The van der Waals surface area contributed by atoms with Gasteiger partial charge in [-0.15, -0.1) is 11.6 Å². The summed E-state index contributed by atoms with van der Waals surface area (Å²) in [6.07, 6.45) is 3.88. The van der Waals surface area contributed by atoms with Crippen LogP contribution in [0.1, 0.15) is 26.1 Å². The molecule has 2 N–H and O–H groups in total. The van der Waals surface area contributed by atoms with Crippen molar-refractivity contribution in [2.75, 3.05) is 25.3 Å². The van der Waals surface area contributed by atoms with E-state index < -0.39 is 15.4 Å². The maximum absolute atomic E-state index is 12.3. The Hall–Kier alpha value is -2.94. The Bertz CT molecular complexity index is 1420. The molecule has 7 nitrogen and oxygen atoms in total. The summed E-state index contributed by atoms with van der Waals surface area (Å²) in [5.41, 5.74) is 2.96. The fourth-order valence-electron chi connectivity index (χ4n) is 3.82. The van der Waals surface area contributed by atoms with Crippen molar-refractivity contribution < 1.29 is 13.2 Å². The van der Waals surface area contributed by atoms with E-state index in [0.29, 0.717) is 18.1 Å². The maximum atomic E-state index is 12.3. The van der Waals surface area contributed by atoms with Gasteiger partial charge in [0.05, 0.1) is 24.3 Å². The Morgan fingerprint density at radius 1 is 1.03 bits per heavy atom. The summed E-state index contributed by atoms with van der Waals surface area (Å²) >= 11 is 5.66. The normalized spacial score (nSPS) is 12.2. The molecule has 9 heteroatoms. The van der Waals surface area contributed by atoms with Crippen LogP contribution in [0.4, 0.5) is 0 Å². The third kappa shape index (κ3) is 5.83. The molecule has 0 unspecified atom stereocenters. The molecule has 4 aromatic rings. The average Bonchev–Trinajstić information content (AvgIpc) is 3.33. The Morgan fingerprint density at radius 2 is 1.74 bits per heavy atom. The smallest absolute Gasteiger partial charge is 0.211 e. The summed E-state index contributed by atoms with van der Waals surface area (Å²) in [5.74, 6) is 1.80. The minimum absolute atomic E-state index is 0.000124. The molecular formula is C26H29ClN4O3S. The molecule has 0 fully saturated rings. The predicted octanol–water partition coefficient (Wildman–Crippen LogP) is 5.13.